The van der Waals surface area contributed by atoms with Gasteiger partial charge in [0.1, 0.15) is 6.04 Å². The Morgan fingerprint density at radius 3 is 2.11 bits per heavy atom. The van der Waals surface area contributed by atoms with Crippen LogP contribution < -0.4 is 5.32 Å². The van der Waals surface area contributed by atoms with Crippen molar-refractivity contribution in [1.82, 2.24) is 15.1 Å². The van der Waals surface area contributed by atoms with Gasteiger partial charge in [-0.1, -0.05) is 39.8 Å². The van der Waals surface area contributed by atoms with Crippen molar-refractivity contribution in [2.45, 2.75) is 46.6 Å². The lowest BCUT2D eigenvalue weighted by Crippen LogP contribution is -2.50. The Balaban J connectivity index is 2.06. The fourth-order valence-electron chi connectivity index (χ4n) is 3.44. The van der Waals surface area contributed by atoms with Gasteiger partial charge in [0.25, 0.3) is 11.8 Å². The van der Waals surface area contributed by atoms with E-state index in [-0.39, 0.29) is 23.6 Å². The molecule has 0 aromatic heterocycles. The molecule has 0 spiro atoms. The first kappa shape index (κ1) is 21.1. The molecule has 0 radical (unpaired) electrons. The summed E-state index contributed by atoms with van der Waals surface area (Å²) >= 11 is 0. The Labute approximate surface area is 161 Å². The van der Waals surface area contributed by atoms with E-state index in [1.165, 1.54) is 0 Å². The Morgan fingerprint density at radius 1 is 1.07 bits per heavy atom. The molecule has 1 aliphatic heterocycles. The predicted molar refractivity (Wildman–Crippen MR) is 106 cm³/mol. The number of nitrogens with zero attached hydrogens (tertiary/aromatic N) is 2. The van der Waals surface area contributed by atoms with Crippen LogP contribution in [0.15, 0.2) is 24.3 Å². The zero-order chi connectivity index (χ0) is 20.0. The first-order chi connectivity index (χ1) is 12.9. The molecule has 3 amide bonds. The van der Waals surface area contributed by atoms with E-state index in [0.717, 1.165) is 31.0 Å². The number of carbonyl (C=O) groups excluding carboxylic acids is 3. The van der Waals surface area contributed by atoms with Crippen molar-refractivity contribution in [3.63, 3.8) is 0 Å². The van der Waals surface area contributed by atoms with Gasteiger partial charge in [0.05, 0.1) is 11.1 Å². The number of carbonyl (C=O) groups is 3. The Morgan fingerprint density at radius 2 is 1.63 bits per heavy atom. The minimum atomic E-state index is -0.772. The molecule has 27 heavy (non-hydrogen) atoms. The van der Waals surface area contributed by atoms with E-state index >= 15 is 0 Å². The van der Waals surface area contributed by atoms with Crippen molar-refractivity contribution in [3.05, 3.63) is 35.4 Å². The van der Waals surface area contributed by atoms with Crippen LogP contribution in [0.25, 0.3) is 0 Å². The third kappa shape index (κ3) is 4.95. The van der Waals surface area contributed by atoms with E-state index in [9.17, 15) is 14.4 Å². The minimum Gasteiger partial charge on any atom is -0.354 e. The summed E-state index contributed by atoms with van der Waals surface area (Å²) in [7, 11) is 0. The molecule has 1 aromatic carbocycles. The molecule has 0 fully saturated rings. The van der Waals surface area contributed by atoms with Gasteiger partial charge in [0, 0.05) is 6.54 Å². The van der Waals surface area contributed by atoms with Crippen molar-refractivity contribution in [1.29, 1.82) is 0 Å². The molecule has 1 N–H and O–H groups in total. The van der Waals surface area contributed by atoms with E-state index in [1.807, 2.05) is 13.8 Å². The summed E-state index contributed by atoms with van der Waals surface area (Å²) < 4.78 is 0. The summed E-state index contributed by atoms with van der Waals surface area (Å²) in [5.41, 5.74) is 0.760. The molecule has 1 aliphatic rings. The van der Waals surface area contributed by atoms with E-state index in [1.54, 1.807) is 24.3 Å². The van der Waals surface area contributed by atoms with Gasteiger partial charge in [-0.05, 0) is 50.5 Å². The van der Waals surface area contributed by atoms with Crippen LogP contribution in [-0.2, 0) is 4.79 Å². The third-order valence-electron chi connectivity index (χ3n) is 4.98. The molecule has 6 nitrogen and oxygen atoms in total. The predicted octanol–water partition coefficient (Wildman–Crippen LogP) is 2.55. The summed E-state index contributed by atoms with van der Waals surface area (Å²) in [6.07, 6.45) is 1.29. The van der Waals surface area contributed by atoms with Crippen molar-refractivity contribution >= 4 is 17.7 Å². The summed E-state index contributed by atoms with van der Waals surface area (Å²) in [4.78, 5) is 41.8. The van der Waals surface area contributed by atoms with Gasteiger partial charge in [-0.25, -0.2) is 0 Å². The standard InChI is InChI=1S/C21H31N3O3/c1-5-23(6-2)13-9-12-22-19(25)18(14-15(3)4)24-20(26)16-10-7-8-11-17(16)21(24)27/h7-8,10-11,15,18H,5-6,9,12-14H2,1-4H3,(H,22,25). The van der Waals surface area contributed by atoms with Gasteiger partial charge < -0.3 is 10.2 Å². The maximum atomic E-state index is 12.8. The number of fused-ring (bicyclic) bond motifs is 1. The van der Waals surface area contributed by atoms with E-state index < -0.39 is 6.04 Å². The van der Waals surface area contributed by atoms with Crippen LogP contribution in [0, 0.1) is 5.92 Å². The fraction of sp³-hybridized carbons (Fsp3) is 0.571. The smallest absolute Gasteiger partial charge is 0.262 e. The minimum absolute atomic E-state index is 0.181. The average Bonchev–Trinajstić information content (AvgIpc) is 2.91. The van der Waals surface area contributed by atoms with Crippen LogP contribution >= 0.6 is 0 Å². The third-order valence-corrected chi connectivity index (χ3v) is 4.98. The lowest BCUT2D eigenvalue weighted by Gasteiger charge is -2.27. The molecule has 0 saturated carbocycles. The van der Waals surface area contributed by atoms with Gasteiger partial charge in [-0.3, -0.25) is 19.3 Å². The number of rotatable bonds is 10. The zero-order valence-corrected chi connectivity index (χ0v) is 16.8. The molecule has 0 saturated heterocycles. The first-order valence-corrected chi connectivity index (χ1v) is 9.87. The van der Waals surface area contributed by atoms with Crippen LogP contribution in [0.3, 0.4) is 0 Å². The zero-order valence-electron chi connectivity index (χ0n) is 16.8. The van der Waals surface area contributed by atoms with Crippen molar-refractivity contribution in [2.75, 3.05) is 26.2 Å². The monoisotopic (exact) mass is 373 g/mol. The van der Waals surface area contributed by atoms with E-state index in [0.29, 0.717) is 24.1 Å². The Hall–Kier alpha value is -2.21. The molecule has 6 heteroatoms. The number of hydrogen-bond donors (Lipinski definition) is 1. The SMILES string of the molecule is CCN(CC)CCCNC(=O)C(CC(C)C)N1C(=O)c2ccccc2C1=O. The molecule has 1 atom stereocenters. The number of imide groups is 1. The Bertz CT molecular complexity index is 648. The molecule has 1 aromatic rings. The highest BCUT2D eigenvalue weighted by Crippen LogP contribution is 2.26. The molecular formula is C21H31N3O3. The summed E-state index contributed by atoms with van der Waals surface area (Å²) in [6.45, 7) is 11.6. The summed E-state index contributed by atoms with van der Waals surface area (Å²) in [6, 6.07) is 5.98. The van der Waals surface area contributed by atoms with Crippen LogP contribution in [0.2, 0.25) is 0 Å². The van der Waals surface area contributed by atoms with Crippen LogP contribution in [0.1, 0.15) is 61.3 Å². The lowest BCUT2D eigenvalue weighted by atomic mass is 10.0. The Kier molecular flexibility index (Phi) is 7.54. The quantitative estimate of drug-likeness (QED) is 0.505. The molecule has 1 heterocycles. The van der Waals surface area contributed by atoms with Crippen LogP contribution in [-0.4, -0.2) is 59.7 Å². The maximum absolute atomic E-state index is 12.8. The molecule has 0 aliphatic carbocycles. The van der Waals surface area contributed by atoms with Gasteiger partial charge in [-0.15, -0.1) is 0 Å². The average molecular weight is 373 g/mol. The number of benzene rings is 1. The molecule has 2 rings (SSSR count). The van der Waals surface area contributed by atoms with Gasteiger partial charge >= 0.3 is 0 Å². The topological polar surface area (TPSA) is 69.7 Å². The second-order valence-electron chi connectivity index (χ2n) is 7.34. The highest BCUT2D eigenvalue weighted by atomic mass is 16.2. The molecule has 1 unspecified atom stereocenters. The highest BCUT2D eigenvalue weighted by Gasteiger charge is 2.42. The molecule has 148 valence electrons. The molecule has 0 bridgehead atoms. The first-order valence-electron chi connectivity index (χ1n) is 9.87. The van der Waals surface area contributed by atoms with Crippen molar-refractivity contribution in [3.8, 4) is 0 Å². The van der Waals surface area contributed by atoms with Crippen LogP contribution in [0.5, 0.6) is 0 Å². The van der Waals surface area contributed by atoms with Gasteiger partial charge in [0.15, 0.2) is 0 Å². The fourth-order valence-corrected chi connectivity index (χ4v) is 3.44. The molecular weight excluding hydrogens is 342 g/mol. The largest absolute Gasteiger partial charge is 0.354 e. The number of amides is 3. The highest BCUT2D eigenvalue weighted by molar-refractivity contribution is 6.22. The normalized spacial score (nSPS) is 14.8. The van der Waals surface area contributed by atoms with Gasteiger partial charge in [0.2, 0.25) is 5.91 Å². The second kappa shape index (κ2) is 9.65. The maximum Gasteiger partial charge on any atom is 0.262 e. The number of nitrogens with one attached hydrogen (secondary N) is 1. The second-order valence-corrected chi connectivity index (χ2v) is 7.34. The summed E-state index contributed by atoms with van der Waals surface area (Å²) in [5.74, 6) is -0.822. The summed E-state index contributed by atoms with van der Waals surface area (Å²) in [5, 5.41) is 2.92. The van der Waals surface area contributed by atoms with E-state index in [2.05, 4.69) is 24.1 Å². The van der Waals surface area contributed by atoms with Crippen molar-refractivity contribution in [2.24, 2.45) is 5.92 Å². The lowest BCUT2D eigenvalue weighted by molar-refractivity contribution is -0.125. The number of hydrogen-bond acceptors (Lipinski definition) is 4. The van der Waals surface area contributed by atoms with Gasteiger partial charge in [-0.2, -0.15) is 0 Å². The van der Waals surface area contributed by atoms with Crippen LogP contribution in [0.4, 0.5) is 0 Å². The van der Waals surface area contributed by atoms with E-state index in [4.69, 9.17) is 0 Å². The van der Waals surface area contributed by atoms with Crippen molar-refractivity contribution < 1.29 is 14.4 Å².